The Morgan fingerprint density at radius 3 is 2.37 bits per heavy atom. The summed E-state index contributed by atoms with van der Waals surface area (Å²) >= 11 is 0. The van der Waals surface area contributed by atoms with Crippen molar-refractivity contribution in [2.45, 2.75) is 25.9 Å². The lowest BCUT2D eigenvalue weighted by atomic mass is 10.1. The Hall–Kier alpha value is -3.15. The molecule has 0 aliphatic carbocycles. The predicted molar refractivity (Wildman–Crippen MR) is 99.9 cm³/mol. The van der Waals surface area contributed by atoms with Crippen LogP contribution in [0.1, 0.15) is 40.5 Å². The number of benzene rings is 2. The van der Waals surface area contributed by atoms with Crippen molar-refractivity contribution in [1.82, 2.24) is 4.90 Å². The molecule has 6 heteroatoms. The van der Waals surface area contributed by atoms with Crippen LogP contribution in [0.3, 0.4) is 0 Å². The first-order valence-corrected chi connectivity index (χ1v) is 9.07. The summed E-state index contributed by atoms with van der Waals surface area (Å²) in [6, 6.07) is 14.3. The van der Waals surface area contributed by atoms with Crippen molar-refractivity contribution in [3.63, 3.8) is 0 Å². The van der Waals surface area contributed by atoms with Crippen LogP contribution in [-0.2, 0) is 4.79 Å². The van der Waals surface area contributed by atoms with Crippen LogP contribution in [0.15, 0.2) is 48.5 Å². The lowest BCUT2D eigenvalue weighted by molar-refractivity contribution is -0.119. The monoisotopic (exact) mass is 364 g/mol. The van der Waals surface area contributed by atoms with Gasteiger partial charge in [-0.2, -0.15) is 0 Å². The van der Waals surface area contributed by atoms with E-state index in [9.17, 15) is 14.4 Å². The van der Waals surface area contributed by atoms with Crippen molar-refractivity contribution in [1.29, 1.82) is 0 Å². The highest BCUT2D eigenvalue weighted by Gasteiger charge is 2.35. The molecule has 0 saturated heterocycles. The molecule has 27 heavy (non-hydrogen) atoms. The van der Waals surface area contributed by atoms with Crippen LogP contribution in [0.5, 0.6) is 5.75 Å². The highest BCUT2D eigenvalue weighted by Crippen LogP contribution is 2.33. The molecule has 0 bridgehead atoms. The van der Waals surface area contributed by atoms with Crippen molar-refractivity contribution in [2.24, 2.45) is 0 Å². The van der Waals surface area contributed by atoms with E-state index in [1.165, 1.54) is 4.90 Å². The number of hydrogen-bond acceptors (Lipinski definition) is 4. The summed E-state index contributed by atoms with van der Waals surface area (Å²) in [5, 5.41) is 0. The smallest absolute Gasteiger partial charge is 0.261 e. The molecule has 2 aliphatic heterocycles. The fourth-order valence-electron chi connectivity index (χ4n) is 3.59. The van der Waals surface area contributed by atoms with Crippen LogP contribution in [0.2, 0.25) is 0 Å². The minimum atomic E-state index is -0.284. The molecular weight excluding hydrogens is 344 g/mol. The molecule has 0 spiro atoms. The van der Waals surface area contributed by atoms with E-state index >= 15 is 0 Å². The number of anilines is 1. The minimum Gasteiger partial charge on any atom is -0.487 e. The van der Waals surface area contributed by atoms with Crippen LogP contribution >= 0.6 is 0 Å². The normalized spacial score (nSPS) is 18.2. The summed E-state index contributed by atoms with van der Waals surface area (Å²) in [7, 11) is 0. The van der Waals surface area contributed by atoms with Gasteiger partial charge in [0.05, 0.1) is 23.4 Å². The Morgan fingerprint density at radius 1 is 1.04 bits per heavy atom. The number of fused-ring (bicyclic) bond motifs is 2. The molecule has 0 N–H and O–H groups in total. The van der Waals surface area contributed by atoms with Gasteiger partial charge >= 0.3 is 0 Å². The Bertz CT molecular complexity index is 889. The van der Waals surface area contributed by atoms with Gasteiger partial charge in [0.2, 0.25) is 5.91 Å². The second-order valence-corrected chi connectivity index (χ2v) is 6.81. The molecule has 2 heterocycles. The molecule has 2 aromatic rings. The van der Waals surface area contributed by atoms with E-state index in [-0.39, 0.29) is 36.8 Å². The molecule has 138 valence electrons. The van der Waals surface area contributed by atoms with Gasteiger partial charge in [0.1, 0.15) is 11.9 Å². The molecule has 2 aromatic carbocycles. The zero-order valence-corrected chi connectivity index (χ0v) is 15.1. The summed E-state index contributed by atoms with van der Waals surface area (Å²) in [4.78, 5) is 40.5. The van der Waals surface area contributed by atoms with E-state index < -0.39 is 0 Å². The summed E-state index contributed by atoms with van der Waals surface area (Å²) in [6.45, 7) is 2.65. The third-order valence-corrected chi connectivity index (χ3v) is 4.88. The Morgan fingerprint density at radius 2 is 1.67 bits per heavy atom. The van der Waals surface area contributed by atoms with E-state index in [4.69, 9.17) is 4.74 Å². The average molecular weight is 364 g/mol. The van der Waals surface area contributed by atoms with Crippen molar-refractivity contribution in [3.8, 4) is 5.75 Å². The van der Waals surface area contributed by atoms with Gasteiger partial charge in [-0.05, 0) is 37.6 Å². The highest BCUT2D eigenvalue weighted by atomic mass is 16.5. The summed E-state index contributed by atoms with van der Waals surface area (Å²) < 4.78 is 5.77. The standard InChI is InChI=1S/C21H20N2O4/c1-14-13-23(17-9-4-5-10-18(17)27-14)19(24)11-6-12-22-20(25)15-7-2-3-8-16(15)21(22)26/h2-5,7-10,14H,6,11-13H2,1H3. The summed E-state index contributed by atoms with van der Waals surface area (Å²) in [6.07, 6.45) is 0.604. The Kier molecular flexibility index (Phi) is 4.39. The van der Waals surface area contributed by atoms with Crippen LogP contribution in [-0.4, -0.2) is 41.8 Å². The van der Waals surface area contributed by atoms with Crippen molar-refractivity contribution >= 4 is 23.4 Å². The van der Waals surface area contributed by atoms with Crippen LogP contribution in [0.25, 0.3) is 0 Å². The van der Waals surface area contributed by atoms with Crippen molar-refractivity contribution in [2.75, 3.05) is 18.0 Å². The quantitative estimate of drug-likeness (QED) is 0.783. The molecule has 6 nitrogen and oxygen atoms in total. The maximum atomic E-state index is 12.7. The largest absolute Gasteiger partial charge is 0.487 e. The SMILES string of the molecule is CC1CN(C(=O)CCCN2C(=O)c3ccccc3C2=O)c2ccccc2O1. The topological polar surface area (TPSA) is 66.9 Å². The van der Waals surface area contributed by atoms with E-state index in [1.54, 1.807) is 29.2 Å². The lowest BCUT2D eigenvalue weighted by Gasteiger charge is -2.33. The Balaban J connectivity index is 1.40. The van der Waals surface area contributed by atoms with Gasteiger partial charge < -0.3 is 9.64 Å². The van der Waals surface area contributed by atoms with Gasteiger partial charge in [-0.1, -0.05) is 24.3 Å². The van der Waals surface area contributed by atoms with Crippen molar-refractivity contribution in [3.05, 3.63) is 59.7 Å². The number of ether oxygens (including phenoxy) is 1. The second kappa shape index (κ2) is 6.87. The molecular formula is C21H20N2O4. The third-order valence-electron chi connectivity index (χ3n) is 4.88. The first-order valence-electron chi connectivity index (χ1n) is 9.07. The van der Waals surface area contributed by atoms with Crippen molar-refractivity contribution < 1.29 is 19.1 Å². The number of carbonyl (C=O) groups is 3. The minimum absolute atomic E-state index is 0.0331. The molecule has 2 aliphatic rings. The zero-order valence-electron chi connectivity index (χ0n) is 15.1. The number of hydrogen-bond donors (Lipinski definition) is 0. The van der Waals surface area contributed by atoms with Gasteiger partial charge in [-0.3, -0.25) is 19.3 Å². The number of nitrogens with zero attached hydrogens (tertiary/aromatic N) is 2. The fraction of sp³-hybridized carbons (Fsp3) is 0.286. The van der Waals surface area contributed by atoms with Gasteiger partial charge in [-0.25, -0.2) is 0 Å². The first kappa shape index (κ1) is 17.3. The van der Waals surface area contributed by atoms with Crippen LogP contribution < -0.4 is 9.64 Å². The van der Waals surface area contributed by atoms with E-state index in [0.29, 0.717) is 29.8 Å². The maximum Gasteiger partial charge on any atom is 0.261 e. The maximum absolute atomic E-state index is 12.7. The number of imide groups is 1. The number of para-hydroxylation sites is 2. The Labute approximate surface area is 157 Å². The molecule has 1 unspecified atom stereocenters. The molecule has 0 radical (unpaired) electrons. The highest BCUT2D eigenvalue weighted by molar-refractivity contribution is 6.21. The summed E-state index contributed by atoms with van der Waals surface area (Å²) in [5.74, 6) is 0.0981. The van der Waals surface area contributed by atoms with E-state index in [1.807, 2.05) is 31.2 Å². The average Bonchev–Trinajstić information content (AvgIpc) is 2.92. The number of amides is 3. The van der Waals surface area contributed by atoms with Gasteiger partial charge in [0, 0.05) is 13.0 Å². The predicted octanol–water partition coefficient (Wildman–Crippen LogP) is 2.88. The molecule has 0 fully saturated rings. The molecule has 0 saturated carbocycles. The third kappa shape index (κ3) is 3.07. The lowest BCUT2D eigenvalue weighted by Crippen LogP contribution is -2.42. The van der Waals surface area contributed by atoms with E-state index in [2.05, 4.69) is 0 Å². The number of rotatable bonds is 4. The van der Waals surface area contributed by atoms with E-state index in [0.717, 1.165) is 5.69 Å². The second-order valence-electron chi connectivity index (χ2n) is 6.81. The molecule has 1 atom stereocenters. The fourth-order valence-corrected chi connectivity index (χ4v) is 3.59. The number of carbonyl (C=O) groups excluding carboxylic acids is 3. The molecule has 3 amide bonds. The first-order chi connectivity index (χ1) is 13.1. The van der Waals surface area contributed by atoms with Gasteiger partial charge in [-0.15, -0.1) is 0 Å². The van der Waals surface area contributed by atoms with Gasteiger partial charge in [0.25, 0.3) is 11.8 Å². The van der Waals surface area contributed by atoms with Gasteiger partial charge in [0.15, 0.2) is 0 Å². The summed E-state index contributed by atoms with van der Waals surface area (Å²) in [5.41, 5.74) is 1.64. The van der Waals surface area contributed by atoms with Crippen LogP contribution in [0, 0.1) is 0 Å². The van der Waals surface area contributed by atoms with Crippen LogP contribution in [0.4, 0.5) is 5.69 Å². The molecule has 0 aromatic heterocycles. The molecule has 4 rings (SSSR count). The zero-order chi connectivity index (χ0) is 19.0.